The number of aromatic nitrogens is 1. The molecule has 1 heterocycles. The number of aromatic carboxylic acids is 1. The number of anilines is 2. The Bertz CT molecular complexity index is 676. The van der Waals surface area contributed by atoms with Gasteiger partial charge in [0, 0.05) is 34.4 Å². The number of thioether (sulfide) groups is 1. The van der Waals surface area contributed by atoms with Crippen molar-refractivity contribution >= 4 is 35.5 Å². The Morgan fingerprint density at radius 1 is 1.43 bits per heavy atom. The third-order valence-corrected chi connectivity index (χ3v) is 3.81. The van der Waals surface area contributed by atoms with Crippen molar-refractivity contribution in [3.05, 3.63) is 47.8 Å². The molecule has 1 aromatic carbocycles. The largest absolute Gasteiger partial charge is 0.478 e. The van der Waals surface area contributed by atoms with Crippen molar-refractivity contribution in [2.24, 2.45) is 0 Å². The zero-order valence-electron chi connectivity index (χ0n) is 10.9. The molecule has 0 radical (unpaired) electrons. The normalized spacial score (nSPS) is 10.1. The molecule has 0 aliphatic rings. The molecule has 4 N–H and O–H groups in total. The summed E-state index contributed by atoms with van der Waals surface area (Å²) in [7, 11) is 0. The van der Waals surface area contributed by atoms with E-state index in [0.29, 0.717) is 23.5 Å². The van der Waals surface area contributed by atoms with E-state index in [9.17, 15) is 9.59 Å². The number of nitrogens with two attached hydrogens (primary N) is 1. The van der Waals surface area contributed by atoms with Crippen molar-refractivity contribution in [2.75, 3.05) is 11.1 Å². The predicted octanol–water partition coefficient (Wildman–Crippen LogP) is 2.22. The summed E-state index contributed by atoms with van der Waals surface area (Å²) in [6.45, 7) is 0. The fourth-order valence-corrected chi connectivity index (χ4v) is 2.58. The zero-order valence-corrected chi connectivity index (χ0v) is 11.8. The molecule has 0 saturated heterocycles. The molecule has 1 aromatic heterocycles. The topological polar surface area (TPSA) is 105 Å². The summed E-state index contributed by atoms with van der Waals surface area (Å²) in [5, 5.41) is 11.5. The SMILES string of the molecule is Nc1ccncc1SCc1cc(NC=O)cc(C(=O)O)c1. The van der Waals surface area contributed by atoms with Gasteiger partial charge in [0.15, 0.2) is 0 Å². The molecule has 0 bridgehead atoms. The van der Waals surface area contributed by atoms with Crippen molar-refractivity contribution in [3.63, 3.8) is 0 Å². The van der Waals surface area contributed by atoms with Crippen molar-refractivity contribution in [2.45, 2.75) is 10.6 Å². The van der Waals surface area contributed by atoms with E-state index in [2.05, 4.69) is 10.3 Å². The second-order valence-corrected chi connectivity index (χ2v) is 5.21. The number of nitrogen functional groups attached to an aromatic ring is 1. The third-order valence-electron chi connectivity index (χ3n) is 2.68. The summed E-state index contributed by atoms with van der Waals surface area (Å²) >= 11 is 1.45. The second kappa shape index (κ2) is 6.76. The van der Waals surface area contributed by atoms with Crippen LogP contribution in [-0.2, 0) is 10.5 Å². The molecule has 0 saturated carbocycles. The lowest BCUT2D eigenvalue weighted by Gasteiger charge is -2.08. The molecule has 0 aliphatic carbocycles. The van der Waals surface area contributed by atoms with E-state index >= 15 is 0 Å². The smallest absolute Gasteiger partial charge is 0.335 e. The Balaban J connectivity index is 2.20. The minimum atomic E-state index is -1.04. The Hall–Kier alpha value is -2.54. The number of amides is 1. The van der Waals surface area contributed by atoms with E-state index in [4.69, 9.17) is 10.8 Å². The summed E-state index contributed by atoms with van der Waals surface area (Å²) in [5.74, 6) is -0.526. The van der Waals surface area contributed by atoms with E-state index in [-0.39, 0.29) is 5.56 Å². The fraction of sp³-hybridized carbons (Fsp3) is 0.0714. The van der Waals surface area contributed by atoms with Crippen LogP contribution in [0.15, 0.2) is 41.6 Å². The van der Waals surface area contributed by atoms with Gasteiger partial charge in [-0.15, -0.1) is 11.8 Å². The van der Waals surface area contributed by atoms with Gasteiger partial charge in [-0.1, -0.05) is 0 Å². The maximum atomic E-state index is 11.1. The number of carbonyl (C=O) groups excluding carboxylic acids is 1. The molecule has 0 unspecified atom stereocenters. The number of carbonyl (C=O) groups is 2. The maximum absolute atomic E-state index is 11.1. The Labute approximate surface area is 125 Å². The van der Waals surface area contributed by atoms with Gasteiger partial charge in [0.05, 0.1) is 5.56 Å². The van der Waals surface area contributed by atoms with Crippen LogP contribution in [0.1, 0.15) is 15.9 Å². The molecule has 0 atom stereocenters. The fourth-order valence-electron chi connectivity index (χ4n) is 1.72. The minimum absolute atomic E-state index is 0.122. The third kappa shape index (κ3) is 3.96. The quantitative estimate of drug-likeness (QED) is 0.558. The van der Waals surface area contributed by atoms with Crippen molar-refractivity contribution < 1.29 is 14.7 Å². The lowest BCUT2D eigenvalue weighted by molar-refractivity contribution is -0.105. The molecule has 7 heteroatoms. The van der Waals surface area contributed by atoms with Gasteiger partial charge in [0.25, 0.3) is 0 Å². The Kier molecular flexibility index (Phi) is 4.78. The van der Waals surface area contributed by atoms with Gasteiger partial charge in [0.2, 0.25) is 6.41 Å². The standard InChI is InChI=1S/C14H13N3O3S/c15-12-1-2-16-6-13(12)21-7-9-3-10(14(19)20)5-11(4-9)17-8-18/h1-6,8H,7H2,(H2,15,16)(H,17,18)(H,19,20). The minimum Gasteiger partial charge on any atom is -0.478 e. The molecule has 1 amide bonds. The first-order valence-corrected chi connectivity index (χ1v) is 6.98. The highest BCUT2D eigenvalue weighted by atomic mass is 32.2. The second-order valence-electron chi connectivity index (χ2n) is 4.19. The van der Waals surface area contributed by atoms with Gasteiger partial charge in [-0.05, 0) is 29.8 Å². The molecule has 21 heavy (non-hydrogen) atoms. The number of benzene rings is 1. The molecule has 0 spiro atoms. The monoisotopic (exact) mass is 303 g/mol. The van der Waals surface area contributed by atoms with Crippen LogP contribution in [0, 0.1) is 0 Å². The van der Waals surface area contributed by atoms with Gasteiger partial charge in [-0.25, -0.2) is 4.79 Å². The zero-order chi connectivity index (χ0) is 15.2. The number of nitrogens with zero attached hydrogens (tertiary/aromatic N) is 1. The van der Waals surface area contributed by atoms with Crippen LogP contribution in [0.2, 0.25) is 0 Å². The lowest BCUT2D eigenvalue weighted by atomic mass is 10.1. The number of carboxylic acid groups (broad SMARTS) is 1. The van der Waals surface area contributed by atoms with Crippen molar-refractivity contribution in [1.82, 2.24) is 4.98 Å². The van der Waals surface area contributed by atoms with Gasteiger partial charge in [0.1, 0.15) is 0 Å². The van der Waals surface area contributed by atoms with E-state index in [0.717, 1.165) is 10.5 Å². The van der Waals surface area contributed by atoms with E-state index in [1.807, 2.05) is 0 Å². The summed E-state index contributed by atoms with van der Waals surface area (Å²) < 4.78 is 0. The number of nitrogens with one attached hydrogen (secondary N) is 1. The first kappa shape index (κ1) is 14.9. The van der Waals surface area contributed by atoms with Crippen LogP contribution in [0.4, 0.5) is 11.4 Å². The predicted molar refractivity (Wildman–Crippen MR) is 81.3 cm³/mol. The Morgan fingerprint density at radius 3 is 2.90 bits per heavy atom. The first-order valence-electron chi connectivity index (χ1n) is 6.00. The number of carboxylic acids is 1. The van der Waals surface area contributed by atoms with Gasteiger partial charge in [-0.3, -0.25) is 9.78 Å². The van der Waals surface area contributed by atoms with Crippen LogP contribution >= 0.6 is 11.8 Å². The number of hydrogen-bond acceptors (Lipinski definition) is 5. The summed E-state index contributed by atoms with van der Waals surface area (Å²) in [4.78, 5) is 26.4. The highest BCUT2D eigenvalue weighted by molar-refractivity contribution is 7.98. The van der Waals surface area contributed by atoms with Crippen molar-refractivity contribution in [1.29, 1.82) is 0 Å². The average molecular weight is 303 g/mol. The highest BCUT2D eigenvalue weighted by Gasteiger charge is 2.08. The van der Waals surface area contributed by atoms with Crippen LogP contribution in [0.25, 0.3) is 0 Å². The first-order chi connectivity index (χ1) is 10.1. The van der Waals surface area contributed by atoms with Crippen LogP contribution in [0.3, 0.4) is 0 Å². The van der Waals surface area contributed by atoms with Crippen LogP contribution < -0.4 is 11.1 Å². The molecular formula is C14H13N3O3S. The number of pyridine rings is 1. The van der Waals surface area contributed by atoms with Crippen molar-refractivity contribution in [3.8, 4) is 0 Å². The molecule has 0 fully saturated rings. The molecule has 108 valence electrons. The molecular weight excluding hydrogens is 290 g/mol. The van der Waals surface area contributed by atoms with Gasteiger partial charge < -0.3 is 16.2 Å². The average Bonchev–Trinajstić information content (AvgIpc) is 2.46. The molecule has 2 rings (SSSR count). The Morgan fingerprint density at radius 2 is 2.24 bits per heavy atom. The van der Waals surface area contributed by atoms with Gasteiger partial charge in [-0.2, -0.15) is 0 Å². The lowest BCUT2D eigenvalue weighted by Crippen LogP contribution is -2.01. The van der Waals surface area contributed by atoms with Crippen LogP contribution in [0.5, 0.6) is 0 Å². The van der Waals surface area contributed by atoms with E-state index in [1.165, 1.54) is 17.8 Å². The molecule has 2 aromatic rings. The summed E-state index contributed by atoms with van der Waals surface area (Å²) in [6.07, 6.45) is 3.78. The summed E-state index contributed by atoms with van der Waals surface area (Å²) in [6, 6.07) is 6.40. The van der Waals surface area contributed by atoms with E-state index < -0.39 is 5.97 Å². The molecule has 0 aliphatic heterocycles. The van der Waals surface area contributed by atoms with Gasteiger partial charge >= 0.3 is 5.97 Å². The van der Waals surface area contributed by atoms with Crippen LogP contribution in [-0.4, -0.2) is 22.5 Å². The molecule has 6 nitrogen and oxygen atoms in total. The highest BCUT2D eigenvalue weighted by Crippen LogP contribution is 2.28. The van der Waals surface area contributed by atoms with E-state index in [1.54, 1.807) is 30.6 Å². The maximum Gasteiger partial charge on any atom is 0.335 e. The summed E-state index contributed by atoms with van der Waals surface area (Å²) in [5.41, 5.74) is 7.78. The number of rotatable bonds is 6. The number of hydrogen-bond donors (Lipinski definition) is 3.